The molecule has 0 amide bonds. The lowest BCUT2D eigenvalue weighted by Crippen LogP contribution is -2.05. The Hall–Kier alpha value is -3.06. The van der Waals surface area contributed by atoms with Gasteiger partial charge in [-0.2, -0.15) is 9.78 Å². The minimum atomic E-state index is -3.47. The van der Waals surface area contributed by atoms with E-state index in [0.717, 1.165) is 22.9 Å². The van der Waals surface area contributed by atoms with Crippen LogP contribution in [0.4, 0.5) is 0 Å². The first-order valence-electron chi connectivity index (χ1n) is 7.92. The number of nitrogens with zero attached hydrogens (tertiary/aromatic N) is 4. The summed E-state index contributed by atoms with van der Waals surface area (Å²) in [6, 6.07) is 16.0. The zero-order valence-electron chi connectivity index (χ0n) is 14.2. The summed E-state index contributed by atoms with van der Waals surface area (Å²) in [7, 11) is -3.47. The first-order valence-corrected chi connectivity index (χ1v) is 9.81. The second-order valence-electron chi connectivity index (χ2n) is 6.07. The van der Waals surface area contributed by atoms with Crippen LogP contribution in [0.15, 0.2) is 59.9 Å². The van der Waals surface area contributed by atoms with Crippen LogP contribution in [-0.4, -0.2) is 34.4 Å². The molecule has 0 atom stereocenters. The molecule has 0 N–H and O–H groups in total. The van der Waals surface area contributed by atoms with Crippen molar-refractivity contribution in [3.8, 4) is 17.1 Å². The molecule has 26 heavy (non-hydrogen) atoms. The molecular formula is C19H15N4O2S. The summed E-state index contributed by atoms with van der Waals surface area (Å²) in [5, 5.41) is 4.76. The molecule has 4 rings (SSSR count). The summed E-state index contributed by atoms with van der Waals surface area (Å²) >= 11 is 0. The van der Waals surface area contributed by atoms with Crippen LogP contribution in [0.3, 0.4) is 0 Å². The Morgan fingerprint density at radius 1 is 1.08 bits per heavy atom. The van der Waals surface area contributed by atoms with Gasteiger partial charge in [0, 0.05) is 29.6 Å². The highest BCUT2D eigenvalue weighted by Crippen LogP contribution is 2.24. The molecule has 0 unspecified atom stereocenters. The van der Waals surface area contributed by atoms with E-state index in [-0.39, 0.29) is 5.03 Å². The largest absolute Gasteiger partial charge is 0.251 e. The SMILES string of the molecule is Cc1cccc(-c2cnc(-n3nc(S(C)(=O)=O)c4cc[c]cc43)nc2)c1. The Kier molecular flexibility index (Phi) is 3.81. The minimum Gasteiger partial charge on any atom is -0.222 e. The van der Waals surface area contributed by atoms with Crippen molar-refractivity contribution in [1.82, 2.24) is 19.7 Å². The van der Waals surface area contributed by atoms with E-state index in [1.54, 1.807) is 30.6 Å². The molecule has 0 aliphatic rings. The maximum absolute atomic E-state index is 12.0. The number of hydrogen-bond donors (Lipinski definition) is 0. The molecule has 0 aliphatic heterocycles. The van der Waals surface area contributed by atoms with E-state index >= 15 is 0 Å². The summed E-state index contributed by atoms with van der Waals surface area (Å²) in [6.07, 6.45) is 4.55. The lowest BCUT2D eigenvalue weighted by Gasteiger charge is -2.04. The van der Waals surface area contributed by atoms with E-state index < -0.39 is 9.84 Å². The van der Waals surface area contributed by atoms with Crippen LogP contribution >= 0.6 is 0 Å². The third-order valence-electron chi connectivity index (χ3n) is 4.02. The molecule has 0 saturated heterocycles. The number of hydrogen-bond acceptors (Lipinski definition) is 5. The van der Waals surface area contributed by atoms with Gasteiger partial charge in [-0.3, -0.25) is 0 Å². The highest BCUT2D eigenvalue weighted by atomic mass is 32.2. The Balaban J connectivity index is 1.84. The van der Waals surface area contributed by atoms with E-state index in [1.165, 1.54) is 4.68 Å². The highest BCUT2D eigenvalue weighted by Gasteiger charge is 2.20. The van der Waals surface area contributed by atoms with Crippen LogP contribution in [0, 0.1) is 13.0 Å². The molecule has 0 spiro atoms. The first-order chi connectivity index (χ1) is 12.4. The van der Waals surface area contributed by atoms with Gasteiger partial charge in [0.05, 0.1) is 5.52 Å². The van der Waals surface area contributed by atoms with Crippen LogP contribution in [0.2, 0.25) is 0 Å². The Morgan fingerprint density at radius 2 is 1.85 bits per heavy atom. The normalized spacial score (nSPS) is 11.8. The van der Waals surface area contributed by atoms with Gasteiger partial charge >= 0.3 is 0 Å². The van der Waals surface area contributed by atoms with Crippen LogP contribution in [-0.2, 0) is 9.84 Å². The first kappa shape index (κ1) is 16.4. The molecule has 0 fully saturated rings. The van der Waals surface area contributed by atoms with Gasteiger partial charge in [-0.25, -0.2) is 18.4 Å². The summed E-state index contributed by atoms with van der Waals surface area (Å²) in [4.78, 5) is 8.76. The molecule has 0 aliphatic carbocycles. The summed E-state index contributed by atoms with van der Waals surface area (Å²) in [5.74, 6) is 0.306. The van der Waals surface area contributed by atoms with Gasteiger partial charge in [0.2, 0.25) is 0 Å². The fourth-order valence-corrected chi connectivity index (χ4v) is 3.61. The molecule has 0 bridgehead atoms. The smallest absolute Gasteiger partial charge is 0.222 e. The van der Waals surface area contributed by atoms with Gasteiger partial charge in [-0.1, -0.05) is 35.9 Å². The molecule has 2 aromatic carbocycles. The highest BCUT2D eigenvalue weighted by molar-refractivity contribution is 7.90. The summed E-state index contributed by atoms with van der Waals surface area (Å²) < 4.78 is 25.5. The van der Waals surface area contributed by atoms with Gasteiger partial charge in [0.15, 0.2) is 14.9 Å². The van der Waals surface area contributed by atoms with E-state index in [4.69, 9.17) is 0 Å². The fraction of sp³-hybridized carbons (Fsp3) is 0.105. The topological polar surface area (TPSA) is 77.7 Å². The van der Waals surface area contributed by atoms with Crippen molar-refractivity contribution in [2.45, 2.75) is 11.9 Å². The van der Waals surface area contributed by atoms with Crippen LogP contribution < -0.4 is 0 Å². The van der Waals surface area contributed by atoms with E-state index in [0.29, 0.717) is 16.9 Å². The second kappa shape index (κ2) is 6.03. The molecule has 4 aromatic rings. The van der Waals surface area contributed by atoms with Crippen molar-refractivity contribution < 1.29 is 8.42 Å². The minimum absolute atomic E-state index is 0.00728. The lowest BCUT2D eigenvalue weighted by molar-refractivity contribution is 0.596. The molecule has 6 nitrogen and oxygen atoms in total. The maximum atomic E-state index is 12.0. The molecule has 2 aromatic heterocycles. The van der Waals surface area contributed by atoms with Crippen molar-refractivity contribution in [3.05, 3.63) is 66.5 Å². The van der Waals surface area contributed by atoms with Gasteiger partial charge in [0.1, 0.15) is 0 Å². The maximum Gasteiger partial charge on any atom is 0.251 e. The number of benzene rings is 2. The molecule has 0 saturated carbocycles. The third-order valence-corrected chi connectivity index (χ3v) is 5.03. The number of aromatic nitrogens is 4. The van der Waals surface area contributed by atoms with Crippen LogP contribution in [0.25, 0.3) is 28.0 Å². The number of fused-ring (bicyclic) bond motifs is 1. The van der Waals surface area contributed by atoms with Crippen molar-refractivity contribution in [2.75, 3.05) is 6.26 Å². The lowest BCUT2D eigenvalue weighted by atomic mass is 10.1. The molecule has 129 valence electrons. The van der Waals surface area contributed by atoms with Crippen LogP contribution in [0.1, 0.15) is 5.56 Å². The van der Waals surface area contributed by atoms with Crippen molar-refractivity contribution in [1.29, 1.82) is 0 Å². The predicted molar refractivity (Wildman–Crippen MR) is 98.8 cm³/mol. The zero-order chi connectivity index (χ0) is 18.3. The Labute approximate surface area is 151 Å². The van der Waals surface area contributed by atoms with E-state index in [9.17, 15) is 8.42 Å². The average Bonchev–Trinajstić information content (AvgIpc) is 3.02. The predicted octanol–water partition coefficient (Wildman–Crippen LogP) is 2.99. The second-order valence-corrected chi connectivity index (χ2v) is 8.00. The van der Waals surface area contributed by atoms with Crippen LogP contribution in [0.5, 0.6) is 0 Å². The molecule has 1 radical (unpaired) electrons. The summed E-state index contributed by atoms with van der Waals surface area (Å²) in [5.41, 5.74) is 3.64. The van der Waals surface area contributed by atoms with E-state index in [1.807, 2.05) is 25.1 Å². The third kappa shape index (κ3) is 2.86. The molecular weight excluding hydrogens is 348 g/mol. The van der Waals surface area contributed by atoms with Gasteiger partial charge in [-0.05, 0) is 30.7 Å². The average molecular weight is 363 g/mol. The zero-order valence-corrected chi connectivity index (χ0v) is 15.0. The number of rotatable bonds is 3. The van der Waals surface area contributed by atoms with Crippen molar-refractivity contribution in [2.24, 2.45) is 0 Å². The standard InChI is InChI=1S/C19H15N4O2S/c1-13-6-5-7-14(10-13)15-11-20-19(21-12-15)23-17-9-4-3-8-16(17)18(22-23)26(2,24)25/h3,5-12H,1-2H3. The summed E-state index contributed by atoms with van der Waals surface area (Å²) in [6.45, 7) is 2.03. The van der Waals surface area contributed by atoms with Crippen molar-refractivity contribution in [3.63, 3.8) is 0 Å². The van der Waals surface area contributed by atoms with Gasteiger partial charge in [-0.15, -0.1) is 0 Å². The fourth-order valence-electron chi connectivity index (χ4n) is 2.81. The quantitative estimate of drug-likeness (QED) is 0.559. The number of sulfone groups is 1. The van der Waals surface area contributed by atoms with Gasteiger partial charge < -0.3 is 0 Å². The monoisotopic (exact) mass is 363 g/mol. The Bertz CT molecular complexity index is 1210. The van der Waals surface area contributed by atoms with Crippen molar-refractivity contribution >= 4 is 20.7 Å². The van der Waals surface area contributed by atoms with Gasteiger partial charge in [0.25, 0.3) is 5.95 Å². The Morgan fingerprint density at radius 3 is 2.54 bits per heavy atom. The van der Waals surface area contributed by atoms with E-state index in [2.05, 4.69) is 27.2 Å². The molecule has 2 heterocycles. The molecule has 7 heteroatoms. The number of aryl methyl sites for hydroxylation is 1.